The van der Waals surface area contributed by atoms with Crippen LogP contribution in [-0.4, -0.2) is 27.1 Å². The van der Waals surface area contributed by atoms with Crippen molar-refractivity contribution in [1.29, 1.82) is 0 Å². The van der Waals surface area contributed by atoms with E-state index in [9.17, 15) is 9.59 Å². The van der Waals surface area contributed by atoms with Crippen LogP contribution in [0.15, 0.2) is 60.9 Å². The first-order chi connectivity index (χ1) is 13.8. The number of hydrogen-bond donors (Lipinski definition) is 2. The van der Waals surface area contributed by atoms with Crippen LogP contribution in [0.5, 0.6) is 0 Å². The van der Waals surface area contributed by atoms with E-state index in [-0.39, 0.29) is 17.4 Å². The van der Waals surface area contributed by atoms with E-state index in [1.54, 1.807) is 47.3 Å². The lowest BCUT2D eigenvalue weighted by atomic mass is 10.0. The molecule has 0 aliphatic carbocycles. The minimum absolute atomic E-state index is 0.140. The Balaban J connectivity index is 1.65. The summed E-state index contributed by atoms with van der Waals surface area (Å²) in [6.07, 6.45) is 3.97. The first-order valence-electron chi connectivity index (χ1n) is 9.32. The predicted molar refractivity (Wildman–Crippen MR) is 115 cm³/mol. The minimum atomic E-state index is -0.283. The third-order valence-corrected chi connectivity index (χ3v) is 4.93. The molecule has 2 N–H and O–H groups in total. The lowest BCUT2D eigenvalue weighted by Crippen LogP contribution is -2.42. The van der Waals surface area contributed by atoms with Crippen LogP contribution in [0.3, 0.4) is 0 Å². The summed E-state index contributed by atoms with van der Waals surface area (Å²) in [7, 11) is 0. The molecule has 0 radical (unpaired) electrons. The quantitative estimate of drug-likeness (QED) is 0.618. The second-order valence-corrected chi connectivity index (χ2v) is 7.81. The molecule has 150 valence electrons. The maximum absolute atomic E-state index is 12.5. The number of carbonyl (C=O) groups is 2. The number of aromatic nitrogens is 2. The number of halogens is 1. The van der Waals surface area contributed by atoms with Crippen LogP contribution in [0.25, 0.3) is 5.69 Å². The topological polar surface area (TPSA) is 76.0 Å². The van der Waals surface area contributed by atoms with Gasteiger partial charge in [0.1, 0.15) is 0 Å². The molecule has 6 nitrogen and oxygen atoms in total. The van der Waals surface area contributed by atoms with Gasteiger partial charge >= 0.3 is 0 Å². The van der Waals surface area contributed by atoms with E-state index in [4.69, 9.17) is 11.6 Å². The molecule has 2 aromatic carbocycles. The van der Waals surface area contributed by atoms with Gasteiger partial charge in [0.2, 0.25) is 0 Å². The fourth-order valence-corrected chi connectivity index (χ4v) is 2.68. The van der Waals surface area contributed by atoms with Crippen LogP contribution in [0.4, 0.5) is 5.69 Å². The molecular formula is C22H23ClN4O2. The van der Waals surface area contributed by atoms with E-state index >= 15 is 0 Å². The zero-order valence-corrected chi connectivity index (χ0v) is 17.3. The molecule has 7 heteroatoms. The minimum Gasteiger partial charge on any atom is -0.347 e. The van der Waals surface area contributed by atoms with Gasteiger partial charge in [0, 0.05) is 28.0 Å². The van der Waals surface area contributed by atoms with Gasteiger partial charge in [-0.15, -0.1) is 0 Å². The zero-order chi connectivity index (χ0) is 21.0. The second kappa shape index (κ2) is 8.49. The van der Waals surface area contributed by atoms with Crippen molar-refractivity contribution in [3.05, 3.63) is 77.1 Å². The van der Waals surface area contributed by atoms with E-state index < -0.39 is 0 Å². The van der Waals surface area contributed by atoms with Crippen LogP contribution in [0, 0.1) is 0 Å². The molecule has 29 heavy (non-hydrogen) atoms. The third kappa shape index (κ3) is 5.23. The number of nitrogens with one attached hydrogen (secondary N) is 2. The number of benzene rings is 2. The molecule has 0 saturated carbocycles. The lowest BCUT2D eigenvalue weighted by Gasteiger charge is -2.24. The van der Waals surface area contributed by atoms with E-state index in [1.807, 2.05) is 32.9 Å². The molecule has 3 rings (SSSR count). The Kier molecular flexibility index (Phi) is 6.03. The van der Waals surface area contributed by atoms with Crippen molar-refractivity contribution in [1.82, 2.24) is 15.1 Å². The van der Waals surface area contributed by atoms with Gasteiger partial charge in [-0.3, -0.25) is 9.59 Å². The summed E-state index contributed by atoms with van der Waals surface area (Å²) in [4.78, 5) is 24.8. The van der Waals surface area contributed by atoms with Gasteiger partial charge in [-0.1, -0.05) is 18.5 Å². The molecule has 2 amide bonds. The molecule has 0 spiro atoms. The van der Waals surface area contributed by atoms with Gasteiger partial charge in [-0.05, 0) is 68.8 Å². The summed E-state index contributed by atoms with van der Waals surface area (Å²) in [5.74, 6) is -0.423. The molecule has 0 saturated heterocycles. The smallest absolute Gasteiger partial charge is 0.258 e. The van der Waals surface area contributed by atoms with Crippen molar-refractivity contribution in [2.45, 2.75) is 32.7 Å². The summed E-state index contributed by atoms with van der Waals surface area (Å²) < 4.78 is 1.61. The highest BCUT2D eigenvalue weighted by Crippen LogP contribution is 2.16. The number of rotatable bonds is 6. The largest absolute Gasteiger partial charge is 0.347 e. The lowest BCUT2D eigenvalue weighted by molar-refractivity contribution is 0.0911. The Bertz CT molecular complexity index is 1010. The summed E-state index contributed by atoms with van der Waals surface area (Å²) in [5.41, 5.74) is 2.10. The molecule has 0 aliphatic rings. The van der Waals surface area contributed by atoms with Crippen LogP contribution < -0.4 is 10.6 Å². The number of amides is 2. The van der Waals surface area contributed by atoms with E-state index in [0.29, 0.717) is 21.8 Å². The Morgan fingerprint density at radius 1 is 1.00 bits per heavy atom. The molecule has 0 unspecified atom stereocenters. The summed E-state index contributed by atoms with van der Waals surface area (Å²) >= 11 is 5.90. The fourth-order valence-electron chi connectivity index (χ4n) is 2.55. The number of hydrogen-bond acceptors (Lipinski definition) is 3. The van der Waals surface area contributed by atoms with Gasteiger partial charge in [0.15, 0.2) is 0 Å². The Labute approximate surface area is 174 Å². The van der Waals surface area contributed by atoms with Crippen molar-refractivity contribution in [2.75, 3.05) is 5.32 Å². The highest BCUT2D eigenvalue weighted by Gasteiger charge is 2.18. The molecule has 1 aromatic heterocycles. The highest BCUT2D eigenvalue weighted by atomic mass is 35.5. The maximum atomic E-state index is 12.5. The van der Waals surface area contributed by atoms with Gasteiger partial charge in [-0.2, -0.15) is 5.10 Å². The SMILES string of the molecule is CCC(C)(C)NC(=O)c1ccc(NC(=O)c2cnn(-c3ccc(Cl)cc3)c2)cc1. The average Bonchev–Trinajstić information content (AvgIpc) is 3.19. The molecule has 1 heterocycles. The zero-order valence-electron chi connectivity index (χ0n) is 16.6. The van der Waals surface area contributed by atoms with Crippen molar-refractivity contribution >= 4 is 29.1 Å². The van der Waals surface area contributed by atoms with Gasteiger partial charge < -0.3 is 10.6 Å². The van der Waals surface area contributed by atoms with Crippen LogP contribution in [0.1, 0.15) is 47.9 Å². The van der Waals surface area contributed by atoms with Crippen molar-refractivity contribution in [2.24, 2.45) is 0 Å². The molecular weight excluding hydrogens is 388 g/mol. The number of anilines is 1. The molecule has 0 atom stereocenters. The van der Waals surface area contributed by atoms with E-state index in [1.165, 1.54) is 6.20 Å². The summed E-state index contributed by atoms with van der Waals surface area (Å²) in [5, 5.41) is 10.6. The summed E-state index contributed by atoms with van der Waals surface area (Å²) in [6.45, 7) is 5.97. The van der Waals surface area contributed by atoms with Gasteiger partial charge in [0.05, 0.1) is 17.4 Å². The van der Waals surface area contributed by atoms with Crippen LogP contribution in [0.2, 0.25) is 5.02 Å². The fraction of sp³-hybridized carbons (Fsp3) is 0.227. The van der Waals surface area contributed by atoms with Gasteiger partial charge in [-0.25, -0.2) is 4.68 Å². The number of nitrogens with zero attached hydrogens (tertiary/aromatic N) is 2. The maximum Gasteiger partial charge on any atom is 0.258 e. The van der Waals surface area contributed by atoms with Crippen molar-refractivity contribution in [3.63, 3.8) is 0 Å². The standard InChI is InChI=1S/C22H23ClN4O2/c1-4-22(2,3)26-21(29)15-5-9-18(10-6-15)25-20(28)16-13-24-27(14-16)19-11-7-17(23)8-12-19/h5-14H,4H2,1-3H3,(H,25,28)(H,26,29). The molecule has 3 aromatic rings. The third-order valence-electron chi connectivity index (χ3n) is 4.68. The average molecular weight is 411 g/mol. The first kappa shape index (κ1) is 20.6. The molecule has 0 fully saturated rings. The molecule has 0 aliphatic heterocycles. The number of carbonyl (C=O) groups excluding carboxylic acids is 2. The predicted octanol–water partition coefficient (Wildman–Crippen LogP) is 4.70. The summed E-state index contributed by atoms with van der Waals surface area (Å²) in [6, 6.07) is 13.9. The van der Waals surface area contributed by atoms with E-state index in [0.717, 1.165) is 12.1 Å². The van der Waals surface area contributed by atoms with Crippen molar-refractivity contribution < 1.29 is 9.59 Å². The molecule has 0 bridgehead atoms. The van der Waals surface area contributed by atoms with E-state index in [2.05, 4.69) is 15.7 Å². The Morgan fingerprint density at radius 2 is 1.66 bits per heavy atom. The first-order valence-corrected chi connectivity index (χ1v) is 9.70. The highest BCUT2D eigenvalue weighted by molar-refractivity contribution is 6.30. The monoisotopic (exact) mass is 410 g/mol. The van der Waals surface area contributed by atoms with Gasteiger partial charge in [0.25, 0.3) is 11.8 Å². The van der Waals surface area contributed by atoms with Crippen molar-refractivity contribution in [3.8, 4) is 5.69 Å². The van der Waals surface area contributed by atoms with Crippen LogP contribution >= 0.6 is 11.6 Å². The Hall–Kier alpha value is -3.12. The normalized spacial score (nSPS) is 11.2. The second-order valence-electron chi connectivity index (χ2n) is 7.37. The Morgan fingerprint density at radius 3 is 2.28 bits per heavy atom. The van der Waals surface area contributed by atoms with Crippen LogP contribution in [-0.2, 0) is 0 Å².